The smallest absolute Gasteiger partial charge is 0.0248 e. The summed E-state index contributed by atoms with van der Waals surface area (Å²) >= 11 is 0. The molecule has 0 aliphatic rings. The van der Waals surface area contributed by atoms with Gasteiger partial charge in [-0.3, -0.25) is 8.93 Å². The van der Waals surface area contributed by atoms with Crippen LogP contribution in [0.25, 0.3) is 0 Å². The lowest BCUT2D eigenvalue weighted by molar-refractivity contribution is 0.668. The molecule has 0 spiro atoms. The predicted molar refractivity (Wildman–Crippen MR) is 38.4 cm³/mol. The van der Waals surface area contributed by atoms with Crippen LogP contribution in [-0.2, 0) is 10.1 Å². The van der Waals surface area contributed by atoms with Crippen LogP contribution < -0.4 is 10.5 Å². The molecule has 4 heteroatoms. The fraction of sp³-hybridized carbons (Fsp3) is 1.00. The molecule has 0 aromatic heterocycles. The highest BCUT2D eigenvalue weighted by Gasteiger charge is 1.99. The Kier molecular flexibility index (Phi) is 3.19. The number of hydrogen-bond acceptors (Lipinski definition) is 2. The molecule has 0 saturated heterocycles. The molecule has 0 unspecified atom stereocenters. The van der Waals surface area contributed by atoms with E-state index in [1.807, 2.05) is 0 Å². The molecular weight excluding hydrogens is 124 g/mol. The minimum atomic E-state index is -2.05. The van der Waals surface area contributed by atoms with E-state index in [2.05, 4.69) is 4.72 Å². The lowest BCUT2D eigenvalue weighted by Gasteiger charge is -2.15. The first-order chi connectivity index (χ1) is 3.62. The SMILES string of the molecule is CN[SH](C)(=O)CCN. The van der Waals surface area contributed by atoms with Crippen LogP contribution in [0, 0.1) is 0 Å². The fourth-order valence-electron chi connectivity index (χ4n) is 0.358. The standard InChI is InChI=1S/C4H14N2OS/c1-6-8(2,7)4-3-5/h8H,3-5H2,1-2H3,(H,6,7). The van der Waals surface area contributed by atoms with Gasteiger partial charge in [0, 0.05) is 18.6 Å². The molecule has 52 valence electrons. The maximum Gasteiger partial charge on any atom is 0.0248 e. The average Bonchev–Trinajstić information content (AvgIpc) is 1.67. The summed E-state index contributed by atoms with van der Waals surface area (Å²) in [6.45, 7) is 0.495. The second-order valence-corrected chi connectivity index (χ2v) is 4.93. The molecule has 0 aromatic rings. The zero-order valence-electron chi connectivity index (χ0n) is 5.35. The Morgan fingerprint density at radius 2 is 2.25 bits per heavy atom. The molecule has 0 radical (unpaired) electrons. The average molecular weight is 138 g/mol. The van der Waals surface area contributed by atoms with Crippen LogP contribution in [0.2, 0.25) is 0 Å². The van der Waals surface area contributed by atoms with Gasteiger partial charge in [-0.15, -0.1) is 0 Å². The first-order valence-corrected chi connectivity index (χ1v) is 4.92. The van der Waals surface area contributed by atoms with E-state index in [1.54, 1.807) is 13.3 Å². The summed E-state index contributed by atoms with van der Waals surface area (Å²) in [5, 5.41) is 0. The Labute approximate surface area is 51.2 Å². The molecular formula is C4H14N2OS. The third-order valence-electron chi connectivity index (χ3n) is 1.03. The van der Waals surface area contributed by atoms with Crippen molar-refractivity contribution in [2.75, 3.05) is 25.6 Å². The Morgan fingerprint density at radius 1 is 1.75 bits per heavy atom. The van der Waals surface area contributed by atoms with E-state index in [1.165, 1.54) is 0 Å². The van der Waals surface area contributed by atoms with Crippen molar-refractivity contribution in [2.24, 2.45) is 5.73 Å². The first kappa shape index (κ1) is 8.07. The molecule has 0 heterocycles. The van der Waals surface area contributed by atoms with Crippen molar-refractivity contribution in [3.05, 3.63) is 0 Å². The van der Waals surface area contributed by atoms with E-state index >= 15 is 0 Å². The lowest BCUT2D eigenvalue weighted by atomic mass is 10.8. The van der Waals surface area contributed by atoms with Gasteiger partial charge in [0.05, 0.1) is 0 Å². The van der Waals surface area contributed by atoms with E-state index in [-0.39, 0.29) is 0 Å². The normalized spacial score (nSPS) is 13.9. The molecule has 0 atom stereocenters. The van der Waals surface area contributed by atoms with Crippen LogP contribution in [0.1, 0.15) is 0 Å². The molecule has 0 aliphatic heterocycles. The van der Waals surface area contributed by atoms with Crippen LogP contribution in [-0.4, -0.2) is 29.8 Å². The highest BCUT2D eigenvalue weighted by atomic mass is 32.3. The third-order valence-corrected chi connectivity index (χ3v) is 3.09. The molecule has 3 N–H and O–H groups in total. The van der Waals surface area contributed by atoms with Crippen LogP contribution >= 0.6 is 0 Å². The Hall–Kier alpha value is 0.0700. The fourth-order valence-corrected chi connectivity index (χ4v) is 1.07. The van der Waals surface area contributed by atoms with Gasteiger partial charge in [-0.2, -0.15) is 0 Å². The van der Waals surface area contributed by atoms with E-state index in [0.29, 0.717) is 12.3 Å². The van der Waals surface area contributed by atoms with Crippen molar-refractivity contribution >= 4 is 10.1 Å². The topological polar surface area (TPSA) is 55.1 Å². The molecule has 0 saturated carbocycles. The number of hydrogen-bond donors (Lipinski definition) is 3. The summed E-state index contributed by atoms with van der Waals surface area (Å²) in [4.78, 5) is 0. The molecule has 0 bridgehead atoms. The van der Waals surface area contributed by atoms with Crippen LogP contribution in [0.15, 0.2) is 0 Å². The van der Waals surface area contributed by atoms with Gasteiger partial charge in [-0.1, -0.05) is 10.1 Å². The van der Waals surface area contributed by atoms with Gasteiger partial charge in [-0.25, -0.2) is 0 Å². The molecule has 8 heavy (non-hydrogen) atoms. The minimum absolute atomic E-state index is 0.495. The highest BCUT2D eigenvalue weighted by Crippen LogP contribution is 1.87. The van der Waals surface area contributed by atoms with Gasteiger partial charge in [0.1, 0.15) is 0 Å². The Bertz CT molecular complexity index is 104. The quantitative estimate of drug-likeness (QED) is 0.426. The zero-order chi connectivity index (χ0) is 6.62. The summed E-state index contributed by atoms with van der Waals surface area (Å²) in [7, 11) is -0.358. The molecule has 0 aromatic carbocycles. The highest BCUT2D eigenvalue weighted by molar-refractivity contribution is 8.00. The van der Waals surface area contributed by atoms with Crippen molar-refractivity contribution in [1.29, 1.82) is 0 Å². The first-order valence-electron chi connectivity index (χ1n) is 2.58. The van der Waals surface area contributed by atoms with Crippen molar-refractivity contribution in [3.63, 3.8) is 0 Å². The van der Waals surface area contributed by atoms with Gasteiger partial charge in [0.25, 0.3) is 0 Å². The maximum atomic E-state index is 11.0. The van der Waals surface area contributed by atoms with Crippen molar-refractivity contribution in [2.45, 2.75) is 0 Å². The summed E-state index contributed by atoms with van der Waals surface area (Å²) in [6.07, 6.45) is 1.69. The summed E-state index contributed by atoms with van der Waals surface area (Å²) in [5.74, 6) is 0.587. The third kappa shape index (κ3) is 3.12. The predicted octanol–water partition coefficient (Wildman–Crippen LogP) is -1.27. The van der Waals surface area contributed by atoms with E-state index < -0.39 is 10.1 Å². The summed E-state index contributed by atoms with van der Waals surface area (Å²) < 4.78 is 13.7. The maximum absolute atomic E-state index is 11.0. The minimum Gasteiger partial charge on any atom is -0.330 e. The van der Waals surface area contributed by atoms with Gasteiger partial charge < -0.3 is 5.73 Å². The van der Waals surface area contributed by atoms with Crippen molar-refractivity contribution < 1.29 is 4.21 Å². The molecule has 0 fully saturated rings. The Morgan fingerprint density at radius 3 is 2.38 bits per heavy atom. The summed E-state index contributed by atoms with van der Waals surface area (Å²) in [5.41, 5.74) is 5.18. The number of thiol groups is 1. The van der Waals surface area contributed by atoms with Crippen LogP contribution in [0.5, 0.6) is 0 Å². The monoisotopic (exact) mass is 138 g/mol. The van der Waals surface area contributed by atoms with Gasteiger partial charge >= 0.3 is 0 Å². The van der Waals surface area contributed by atoms with Crippen LogP contribution in [0.4, 0.5) is 0 Å². The molecule has 0 aliphatic carbocycles. The van der Waals surface area contributed by atoms with Gasteiger partial charge in [0.15, 0.2) is 0 Å². The van der Waals surface area contributed by atoms with Gasteiger partial charge in [-0.05, 0) is 7.05 Å². The number of nitrogens with two attached hydrogens (primary N) is 1. The number of nitrogens with one attached hydrogen (secondary N) is 1. The van der Waals surface area contributed by atoms with Crippen molar-refractivity contribution in [3.8, 4) is 0 Å². The second-order valence-electron chi connectivity index (χ2n) is 1.84. The lowest BCUT2D eigenvalue weighted by Crippen LogP contribution is -2.32. The second kappa shape index (κ2) is 3.17. The van der Waals surface area contributed by atoms with E-state index in [0.717, 1.165) is 0 Å². The molecule has 3 nitrogen and oxygen atoms in total. The zero-order valence-corrected chi connectivity index (χ0v) is 6.24. The van der Waals surface area contributed by atoms with E-state index in [4.69, 9.17) is 5.73 Å². The van der Waals surface area contributed by atoms with Crippen LogP contribution in [0.3, 0.4) is 0 Å². The largest absolute Gasteiger partial charge is 0.330 e. The molecule has 0 rings (SSSR count). The van der Waals surface area contributed by atoms with Gasteiger partial charge in [0.2, 0.25) is 0 Å². The summed E-state index contributed by atoms with van der Waals surface area (Å²) in [6, 6.07) is 0. The Balaban J connectivity index is 3.55. The number of rotatable bonds is 3. The van der Waals surface area contributed by atoms with Crippen molar-refractivity contribution in [1.82, 2.24) is 4.72 Å². The molecule has 0 amide bonds. The van der Waals surface area contributed by atoms with E-state index in [9.17, 15) is 4.21 Å².